The molecule has 0 spiro atoms. The van der Waals surface area contributed by atoms with E-state index in [4.69, 9.17) is 0 Å². The summed E-state index contributed by atoms with van der Waals surface area (Å²) in [5.74, 6) is 0. The van der Waals surface area contributed by atoms with Crippen molar-refractivity contribution in [3.63, 3.8) is 0 Å². The van der Waals surface area contributed by atoms with Gasteiger partial charge in [0.1, 0.15) is 0 Å². The normalized spacial score (nSPS) is 24.6. The van der Waals surface area contributed by atoms with Gasteiger partial charge in [-0.3, -0.25) is 0 Å². The average Bonchev–Trinajstić information content (AvgIpc) is 2.02. The Morgan fingerprint density at radius 3 is 2.36 bits per heavy atom. The maximum absolute atomic E-state index is 12.7. The van der Waals surface area contributed by atoms with Gasteiger partial charge in [0.15, 0.2) is 0 Å². The third kappa shape index (κ3) is 2.85. The van der Waals surface area contributed by atoms with Gasteiger partial charge in [0.2, 0.25) is 0 Å². The van der Waals surface area contributed by atoms with Crippen molar-refractivity contribution in [1.29, 1.82) is 0 Å². The van der Waals surface area contributed by atoms with E-state index in [-0.39, 0.29) is 0 Å². The fraction of sp³-hybridized carbons (Fsp3) is 1.00. The summed E-state index contributed by atoms with van der Waals surface area (Å²) >= 11 is 0. The van der Waals surface area contributed by atoms with Gasteiger partial charge in [-0.2, -0.15) is 13.2 Å². The van der Waals surface area contributed by atoms with Crippen molar-refractivity contribution in [2.24, 2.45) is 0 Å². The van der Waals surface area contributed by atoms with E-state index in [1.165, 1.54) is 0 Å². The van der Waals surface area contributed by atoms with Crippen LogP contribution in [0.1, 0.15) is 26.7 Å². The maximum atomic E-state index is 12.7. The van der Waals surface area contributed by atoms with E-state index >= 15 is 0 Å². The van der Waals surface area contributed by atoms with Crippen molar-refractivity contribution in [2.75, 3.05) is 13.1 Å². The Hall–Kier alpha value is -0.290. The van der Waals surface area contributed by atoms with Crippen LogP contribution in [0, 0.1) is 0 Å². The molecule has 0 saturated carbocycles. The molecule has 0 aliphatic carbocycles. The first-order chi connectivity index (χ1) is 6.43. The Morgan fingerprint density at radius 2 is 2.00 bits per heavy atom. The van der Waals surface area contributed by atoms with Crippen LogP contribution in [0.2, 0.25) is 0 Å². The van der Waals surface area contributed by atoms with Crippen molar-refractivity contribution >= 4 is 0 Å². The second-order valence-corrected chi connectivity index (χ2v) is 3.97. The monoisotopic (exact) mass is 210 g/mol. The predicted molar refractivity (Wildman–Crippen MR) is 48.9 cm³/mol. The molecule has 0 amide bonds. The molecule has 0 aromatic rings. The summed E-state index contributed by atoms with van der Waals surface area (Å²) in [7, 11) is 0. The summed E-state index contributed by atoms with van der Waals surface area (Å²) in [4.78, 5) is 0.652. The Bertz CT molecular complexity index is 173. The molecule has 1 aliphatic heterocycles. The van der Waals surface area contributed by atoms with E-state index in [0.717, 1.165) is 13.0 Å². The first-order valence-electron chi connectivity index (χ1n) is 4.99. The lowest BCUT2D eigenvalue weighted by Crippen LogP contribution is -2.55. The average molecular weight is 210 g/mol. The molecule has 0 radical (unpaired) electrons. The zero-order valence-electron chi connectivity index (χ0n) is 8.56. The maximum Gasteiger partial charge on any atom is 0.460 e. The van der Waals surface area contributed by atoms with Crippen LogP contribution >= 0.6 is 0 Å². The van der Waals surface area contributed by atoms with Crippen molar-refractivity contribution in [2.45, 2.75) is 45.1 Å². The molecule has 5 heteroatoms. The van der Waals surface area contributed by atoms with Gasteiger partial charge in [-0.05, 0) is 33.2 Å². The topological polar surface area (TPSA) is 15.3 Å². The fourth-order valence-corrected chi connectivity index (χ4v) is 1.99. The third-order valence-electron chi connectivity index (χ3n) is 2.51. The molecule has 1 atom stereocenters. The molecule has 1 heterocycles. The lowest BCUT2D eigenvalue weighted by molar-refractivity contribution is -0.269. The first kappa shape index (κ1) is 11.8. The molecule has 84 valence electrons. The lowest BCUT2D eigenvalue weighted by atomic mass is 10.0. The van der Waals surface area contributed by atoms with Crippen LogP contribution in [-0.2, 0) is 0 Å². The van der Waals surface area contributed by atoms with Gasteiger partial charge in [-0.25, -0.2) is 4.90 Å². The molecule has 0 unspecified atom stereocenters. The highest BCUT2D eigenvalue weighted by molar-refractivity contribution is 4.81. The van der Waals surface area contributed by atoms with Crippen molar-refractivity contribution in [1.82, 2.24) is 10.2 Å². The van der Waals surface area contributed by atoms with Gasteiger partial charge in [0, 0.05) is 18.6 Å². The highest BCUT2D eigenvalue weighted by atomic mass is 19.4. The number of hydrogen-bond donors (Lipinski definition) is 1. The van der Waals surface area contributed by atoms with Crippen LogP contribution in [0.3, 0.4) is 0 Å². The number of piperidine rings is 1. The molecule has 0 bridgehead atoms. The van der Waals surface area contributed by atoms with Crippen molar-refractivity contribution in [3.8, 4) is 0 Å². The second-order valence-electron chi connectivity index (χ2n) is 3.97. The predicted octanol–water partition coefficient (Wildman–Crippen LogP) is 1.97. The van der Waals surface area contributed by atoms with Crippen molar-refractivity contribution in [3.05, 3.63) is 0 Å². The zero-order chi connectivity index (χ0) is 10.8. The van der Waals surface area contributed by atoms with Gasteiger partial charge >= 0.3 is 6.30 Å². The third-order valence-corrected chi connectivity index (χ3v) is 2.51. The Kier molecular flexibility index (Phi) is 3.78. The molecule has 1 fully saturated rings. The van der Waals surface area contributed by atoms with Gasteiger partial charge in [0.05, 0.1) is 0 Å². The van der Waals surface area contributed by atoms with E-state index in [1.54, 1.807) is 13.8 Å². The molecule has 1 saturated heterocycles. The summed E-state index contributed by atoms with van der Waals surface area (Å²) in [5.41, 5.74) is 0. The summed E-state index contributed by atoms with van der Waals surface area (Å²) in [6.07, 6.45) is -2.76. The number of rotatable bonds is 2. The lowest BCUT2D eigenvalue weighted by Gasteiger charge is -2.38. The summed E-state index contributed by atoms with van der Waals surface area (Å²) in [6.45, 7) is 4.45. The number of hydrogen-bond acceptors (Lipinski definition) is 2. The molecule has 0 aromatic heterocycles. The number of nitrogens with one attached hydrogen (secondary N) is 1. The molecule has 2 nitrogen and oxygen atoms in total. The van der Waals surface area contributed by atoms with Gasteiger partial charge in [-0.1, -0.05) is 0 Å². The summed E-state index contributed by atoms with van der Waals surface area (Å²) < 4.78 is 38.0. The number of alkyl halides is 3. The molecule has 1 aliphatic rings. The van der Waals surface area contributed by atoms with Gasteiger partial charge in [-0.15, -0.1) is 0 Å². The summed E-state index contributed by atoms with van der Waals surface area (Å²) in [6, 6.07) is -0.886. The van der Waals surface area contributed by atoms with Gasteiger partial charge in [0.25, 0.3) is 0 Å². The largest absolute Gasteiger partial charge is 0.460 e. The molecular formula is C9H17F3N2. The van der Waals surface area contributed by atoms with Crippen LogP contribution in [0.15, 0.2) is 0 Å². The summed E-state index contributed by atoms with van der Waals surface area (Å²) in [5, 5.41) is 3.00. The quantitative estimate of drug-likeness (QED) is 0.701. The minimum atomic E-state index is -4.21. The first-order valence-corrected chi connectivity index (χ1v) is 4.99. The SMILES string of the molecule is CC(C)N([C@@H]1CCCNC1)C(F)(F)F. The molecule has 0 aromatic carbocycles. The number of halogens is 3. The van der Waals surface area contributed by atoms with Crippen LogP contribution in [0.4, 0.5) is 13.2 Å². The van der Waals surface area contributed by atoms with Crippen LogP contribution in [0.5, 0.6) is 0 Å². The highest BCUT2D eigenvalue weighted by Crippen LogP contribution is 2.28. The fourth-order valence-electron chi connectivity index (χ4n) is 1.99. The second kappa shape index (κ2) is 4.49. The zero-order valence-corrected chi connectivity index (χ0v) is 8.56. The van der Waals surface area contributed by atoms with E-state index in [0.29, 0.717) is 17.9 Å². The Labute approximate surface area is 82.5 Å². The van der Waals surface area contributed by atoms with Crippen LogP contribution < -0.4 is 5.32 Å². The highest BCUT2D eigenvalue weighted by Gasteiger charge is 2.43. The number of nitrogens with zero attached hydrogens (tertiary/aromatic N) is 1. The Balaban J connectivity index is 2.66. The minimum absolute atomic E-state index is 0.399. The van der Waals surface area contributed by atoms with Crippen LogP contribution in [-0.4, -0.2) is 36.4 Å². The van der Waals surface area contributed by atoms with E-state index in [1.807, 2.05) is 0 Å². The van der Waals surface area contributed by atoms with E-state index < -0.39 is 18.4 Å². The smallest absolute Gasteiger partial charge is 0.315 e. The van der Waals surface area contributed by atoms with Gasteiger partial charge < -0.3 is 5.32 Å². The van der Waals surface area contributed by atoms with E-state index in [9.17, 15) is 13.2 Å². The molecule has 1 rings (SSSR count). The standard InChI is InChI=1S/C9H17F3N2/c1-7(2)14(9(10,11)12)8-4-3-5-13-6-8/h7-8,13H,3-6H2,1-2H3/t8-/m1/s1. The Morgan fingerprint density at radius 1 is 1.36 bits per heavy atom. The van der Waals surface area contributed by atoms with E-state index in [2.05, 4.69) is 5.32 Å². The van der Waals surface area contributed by atoms with Crippen molar-refractivity contribution < 1.29 is 13.2 Å². The molecule has 14 heavy (non-hydrogen) atoms. The molecule has 1 N–H and O–H groups in total. The minimum Gasteiger partial charge on any atom is -0.315 e. The van der Waals surface area contributed by atoms with Crippen LogP contribution in [0.25, 0.3) is 0 Å². The molecular weight excluding hydrogens is 193 g/mol.